The molecule has 0 aliphatic heterocycles. The van der Waals surface area contributed by atoms with Gasteiger partial charge in [0.25, 0.3) is 5.91 Å². The van der Waals surface area contributed by atoms with Crippen LogP contribution in [0.4, 0.5) is 10.1 Å². The summed E-state index contributed by atoms with van der Waals surface area (Å²) in [5.74, 6) is 0.155. The number of halogens is 1. The summed E-state index contributed by atoms with van der Waals surface area (Å²) in [6.45, 7) is 3.82. The highest BCUT2D eigenvalue weighted by Gasteiger charge is 2.22. The zero-order valence-corrected chi connectivity index (χ0v) is 12.9. The summed E-state index contributed by atoms with van der Waals surface area (Å²) in [6, 6.07) is 3.02. The highest BCUT2D eigenvalue weighted by atomic mass is 19.1. The van der Waals surface area contributed by atoms with E-state index >= 15 is 0 Å². The van der Waals surface area contributed by atoms with E-state index in [1.54, 1.807) is 13.0 Å². The van der Waals surface area contributed by atoms with E-state index in [0.717, 1.165) is 18.8 Å². The van der Waals surface area contributed by atoms with Crippen LogP contribution in [0.2, 0.25) is 0 Å². The van der Waals surface area contributed by atoms with Crippen molar-refractivity contribution in [1.29, 1.82) is 0 Å². The number of carbonyl (C=O) groups is 1. The van der Waals surface area contributed by atoms with Gasteiger partial charge in [-0.25, -0.2) is 4.39 Å². The number of nitrogens with one attached hydrogen (secondary N) is 1. The van der Waals surface area contributed by atoms with Crippen LogP contribution in [-0.4, -0.2) is 11.9 Å². The van der Waals surface area contributed by atoms with Crippen LogP contribution in [0.5, 0.6) is 0 Å². The Morgan fingerprint density at radius 1 is 1.33 bits per heavy atom. The van der Waals surface area contributed by atoms with Crippen molar-refractivity contribution >= 4 is 11.6 Å². The molecule has 1 aliphatic rings. The molecule has 21 heavy (non-hydrogen) atoms. The van der Waals surface area contributed by atoms with Crippen LogP contribution >= 0.6 is 0 Å². The number of benzene rings is 1. The molecule has 1 saturated carbocycles. The first-order valence-electron chi connectivity index (χ1n) is 7.87. The first-order chi connectivity index (χ1) is 10.0. The zero-order chi connectivity index (χ0) is 15.4. The van der Waals surface area contributed by atoms with Crippen LogP contribution < -0.4 is 11.1 Å². The van der Waals surface area contributed by atoms with Crippen molar-refractivity contribution in [2.45, 2.75) is 58.4 Å². The first-order valence-corrected chi connectivity index (χ1v) is 7.87. The lowest BCUT2D eigenvalue weighted by Crippen LogP contribution is -2.37. The number of rotatable bonds is 4. The molecule has 0 aromatic heterocycles. The van der Waals surface area contributed by atoms with Gasteiger partial charge in [0.2, 0.25) is 0 Å². The fraction of sp³-hybridized carbons (Fsp3) is 0.588. The van der Waals surface area contributed by atoms with E-state index in [4.69, 9.17) is 5.73 Å². The molecule has 0 atom stereocenters. The van der Waals surface area contributed by atoms with Crippen LogP contribution in [0.1, 0.15) is 61.4 Å². The Morgan fingerprint density at radius 2 is 2.00 bits per heavy atom. The highest BCUT2D eigenvalue weighted by Crippen LogP contribution is 2.28. The molecule has 4 heteroatoms. The fourth-order valence-corrected chi connectivity index (χ4v) is 3.10. The van der Waals surface area contributed by atoms with Crippen LogP contribution in [0, 0.1) is 18.7 Å². The summed E-state index contributed by atoms with van der Waals surface area (Å²) in [6.07, 6.45) is 6.87. The van der Waals surface area contributed by atoms with Gasteiger partial charge in [-0.15, -0.1) is 0 Å². The number of nitrogens with two attached hydrogens (primary N) is 1. The standard InChI is InChI=1S/C17H25FN2O/c1-3-4-12-5-7-14(8-6-12)20-17(21)13-9-15(18)11(2)16(19)10-13/h9-10,12,14H,3-8,19H2,1-2H3,(H,20,21). The molecule has 0 spiro atoms. The van der Waals surface area contributed by atoms with Crippen molar-refractivity contribution in [3.63, 3.8) is 0 Å². The Morgan fingerprint density at radius 3 is 2.57 bits per heavy atom. The van der Waals surface area contributed by atoms with Crippen LogP contribution in [0.25, 0.3) is 0 Å². The van der Waals surface area contributed by atoms with E-state index in [1.807, 2.05) is 0 Å². The molecular formula is C17H25FN2O. The first kappa shape index (κ1) is 15.8. The van der Waals surface area contributed by atoms with Crippen LogP contribution in [-0.2, 0) is 0 Å². The number of hydrogen-bond donors (Lipinski definition) is 2. The van der Waals surface area contributed by atoms with Gasteiger partial charge in [0.15, 0.2) is 0 Å². The van der Waals surface area contributed by atoms with Gasteiger partial charge in [0.1, 0.15) is 5.82 Å². The summed E-state index contributed by atoms with van der Waals surface area (Å²) in [7, 11) is 0. The van der Waals surface area contributed by atoms with Crippen molar-refractivity contribution in [1.82, 2.24) is 5.32 Å². The molecule has 0 bridgehead atoms. The molecule has 0 unspecified atom stereocenters. The minimum atomic E-state index is -0.424. The van der Waals surface area contributed by atoms with Gasteiger partial charge in [-0.3, -0.25) is 4.79 Å². The molecule has 3 N–H and O–H groups in total. The highest BCUT2D eigenvalue weighted by molar-refractivity contribution is 5.95. The van der Waals surface area contributed by atoms with Gasteiger partial charge in [-0.05, 0) is 50.7 Å². The Bertz CT molecular complexity index is 485. The Labute approximate surface area is 126 Å². The third-order valence-corrected chi connectivity index (χ3v) is 4.53. The summed E-state index contributed by atoms with van der Waals surface area (Å²) in [5.41, 5.74) is 6.76. The molecule has 1 aromatic carbocycles. The van der Waals surface area contributed by atoms with E-state index in [-0.39, 0.29) is 11.9 Å². The topological polar surface area (TPSA) is 55.1 Å². The lowest BCUT2D eigenvalue weighted by atomic mass is 9.83. The molecule has 3 nitrogen and oxygen atoms in total. The summed E-state index contributed by atoms with van der Waals surface area (Å²) in [4.78, 5) is 12.2. The van der Waals surface area contributed by atoms with Crippen molar-refractivity contribution in [3.8, 4) is 0 Å². The number of anilines is 1. The van der Waals surface area contributed by atoms with Crippen molar-refractivity contribution in [2.75, 3.05) is 5.73 Å². The molecule has 0 radical (unpaired) electrons. The molecule has 1 aliphatic carbocycles. The molecule has 1 aromatic rings. The fourth-order valence-electron chi connectivity index (χ4n) is 3.10. The van der Waals surface area contributed by atoms with Gasteiger partial charge in [0, 0.05) is 22.9 Å². The lowest BCUT2D eigenvalue weighted by molar-refractivity contribution is 0.0920. The molecule has 1 amide bonds. The molecule has 1 fully saturated rings. The monoisotopic (exact) mass is 292 g/mol. The molecule has 116 valence electrons. The van der Waals surface area contributed by atoms with Gasteiger partial charge < -0.3 is 11.1 Å². The van der Waals surface area contributed by atoms with Crippen molar-refractivity contribution < 1.29 is 9.18 Å². The maximum absolute atomic E-state index is 13.7. The summed E-state index contributed by atoms with van der Waals surface area (Å²) >= 11 is 0. The Kier molecular flexibility index (Phi) is 5.21. The SMILES string of the molecule is CCCC1CCC(NC(=O)c2cc(N)c(C)c(F)c2)CC1. The third kappa shape index (κ3) is 3.96. The lowest BCUT2D eigenvalue weighted by Gasteiger charge is -2.29. The second-order valence-electron chi connectivity index (χ2n) is 6.15. The third-order valence-electron chi connectivity index (χ3n) is 4.53. The largest absolute Gasteiger partial charge is 0.398 e. The van der Waals surface area contributed by atoms with Gasteiger partial charge in [0.05, 0.1) is 0 Å². The number of amides is 1. The second kappa shape index (κ2) is 6.92. The van der Waals surface area contributed by atoms with Gasteiger partial charge >= 0.3 is 0 Å². The predicted octanol–water partition coefficient (Wildman–Crippen LogP) is 3.81. The van der Waals surface area contributed by atoms with Gasteiger partial charge in [-0.2, -0.15) is 0 Å². The number of nitrogen functional groups attached to an aromatic ring is 1. The number of hydrogen-bond acceptors (Lipinski definition) is 2. The Balaban J connectivity index is 1.93. The minimum Gasteiger partial charge on any atom is -0.398 e. The van der Waals surface area contributed by atoms with Gasteiger partial charge in [-0.1, -0.05) is 19.8 Å². The Hall–Kier alpha value is -1.58. The second-order valence-corrected chi connectivity index (χ2v) is 6.15. The molecular weight excluding hydrogens is 267 g/mol. The van der Waals surface area contributed by atoms with Crippen molar-refractivity contribution in [2.24, 2.45) is 5.92 Å². The summed E-state index contributed by atoms with van der Waals surface area (Å²) < 4.78 is 13.7. The van der Waals surface area contributed by atoms with Crippen LogP contribution in [0.15, 0.2) is 12.1 Å². The molecule has 0 saturated heterocycles. The normalized spacial score (nSPS) is 22.0. The van der Waals surface area contributed by atoms with E-state index in [9.17, 15) is 9.18 Å². The van der Waals surface area contributed by atoms with Crippen LogP contribution in [0.3, 0.4) is 0 Å². The van der Waals surface area contributed by atoms with E-state index in [2.05, 4.69) is 12.2 Å². The summed E-state index contributed by atoms with van der Waals surface area (Å²) in [5, 5.41) is 3.01. The molecule has 0 heterocycles. The average molecular weight is 292 g/mol. The van der Waals surface area contributed by atoms with E-state index in [1.165, 1.54) is 31.7 Å². The smallest absolute Gasteiger partial charge is 0.251 e. The quantitative estimate of drug-likeness (QED) is 0.829. The number of carbonyl (C=O) groups excluding carboxylic acids is 1. The molecule has 2 rings (SSSR count). The maximum Gasteiger partial charge on any atom is 0.251 e. The maximum atomic E-state index is 13.7. The van der Waals surface area contributed by atoms with E-state index in [0.29, 0.717) is 16.8 Å². The van der Waals surface area contributed by atoms with E-state index < -0.39 is 5.82 Å². The van der Waals surface area contributed by atoms with Crippen molar-refractivity contribution in [3.05, 3.63) is 29.1 Å². The average Bonchev–Trinajstić information content (AvgIpc) is 2.46. The minimum absolute atomic E-state index is 0.205. The predicted molar refractivity (Wildman–Crippen MR) is 83.7 cm³/mol. The zero-order valence-electron chi connectivity index (χ0n) is 12.9.